The molecule has 0 saturated carbocycles. The van der Waals surface area contributed by atoms with Crippen molar-refractivity contribution in [3.05, 3.63) is 58.6 Å². The van der Waals surface area contributed by atoms with E-state index in [2.05, 4.69) is 0 Å². The normalized spacial score (nSPS) is 24.2. The molecule has 26 heavy (non-hydrogen) atoms. The topological polar surface area (TPSA) is 57.7 Å². The predicted molar refractivity (Wildman–Crippen MR) is 104 cm³/mol. The van der Waals surface area contributed by atoms with E-state index < -0.39 is 21.9 Å². The Morgan fingerprint density at radius 2 is 1.62 bits per heavy atom. The van der Waals surface area contributed by atoms with Crippen molar-refractivity contribution in [2.45, 2.75) is 25.9 Å². The molecular weight excluding hydrogens is 372 g/mol. The maximum atomic E-state index is 13.3. The van der Waals surface area contributed by atoms with Gasteiger partial charge in [-0.25, -0.2) is 13.2 Å². The number of anilines is 2. The van der Waals surface area contributed by atoms with Crippen LogP contribution in [0.5, 0.6) is 0 Å². The quantitative estimate of drug-likeness (QED) is 0.736. The zero-order valence-electron chi connectivity index (χ0n) is 14.5. The average molecular weight is 391 g/mol. The largest absolute Gasteiger partial charge is 0.329 e. The van der Waals surface area contributed by atoms with Gasteiger partial charge in [-0.1, -0.05) is 35.9 Å². The molecule has 2 atom stereocenters. The number of rotatable bonds is 2. The van der Waals surface area contributed by atoms with Crippen molar-refractivity contribution in [2.24, 2.45) is 0 Å². The molecule has 2 saturated heterocycles. The molecule has 0 aliphatic carbocycles. The van der Waals surface area contributed by atoms with Crippen LogP contribution in [0.2, 0.25) is 5.02 Å². The van der Waals surface area contributed by atoms with Crippen LogP contribution < -0.4 is 9.80 Å². The van der Waals surface area contributed by atoms with Crippen LogP contribution in [0.1, 0.15) is 11.1 Å². The molecule has 2 fully saturated rings. The molecule has 0 aromatic heterocycles. The highest BCUT2D eigenvalue weighted by atomic mass is 35.5. The van der Waals surface area contributed by atoms with Crippen molar-refractivity contribution in [2.75, 3.05) is 21.3 Å². The van der Waals surface area contributed by atoms with Gasteiger partial charge in [0.25, 0.3) is 0 Å². The Hall–Kier alpha value is -2.05. The number of para-hydroxylation sites is 1. The molecule has 0 unspecified atom stereocenters. The van der Waals surface area contributed by atoms with E-state index in [9.17, 15) is 13.2 Å². The number of urea groups is 1. The van der Waals surface area contributed by atoms with Gasteiger partial charge in [0.15, 0.2) is 9.84 Å². The van der Waals surface area contributed by atoms with Crippen molar-refractivity contribution >= 4 is 38.8 Å². The molecule has 0 radical (unpaired) electrons. The van der Waals surface area contributed by atoms with Crippen molar-refractivity contribution in [3.8, 4) is 0 Å². The van der Waals surface area contributed by atoms with Gasteiger partial charge >= 0.3 is 6.03 Å². The highest BCUT2D eigenvalue weighted by Crippen LogP contribution is 2.39. The maximum Gasteiger partial charge on any atom is 0.329 e. The third kappa shape index (κ3) is 2.68. The fourth-order valence-corrected chi connectivity index (χ4v) is 5.95. The van der Waals surface area contributed by atoms with Crippen LogP contribution >= 0.6 is 11.6 Å². The molecule has 0 bridgehead atoms. The molecule has 2 amide bonds. The fourth-order valence-electron chi connectivity index (χ4n) is 3.85. The summed E-state index contributed by atoms with van der Waals surface area (Å²) in [6, 6.07) is 11.9. The lowest BCUT2D eigenvalue weighted by Gasteiger charge is -2.24. The highest BCUT2D eigenvalue weighted by Gasteiger charge is 2.54. The fraction of sp³-hybridized carbons (Fsp3) is 0.316. The molecule has 136 valence electrons. The lowest BCUT2D eigenvalue weighted by molar-refractivity contribution is 0.255. The molecule has 0 spiro atoms. The lowest BCUT2D eigenvalue weighted by Crippen LogP contribution is -2.38. The minimum absolute atomic E-state index is 0.0200. The van der Waals surface area contributed by atoms with E-state index in [0.717, 1.165) is 16.8 Å². The van der Waals surface area contributed by atoms with Crippen LogP contribution in [0.15, 0.2) is 42.5 Å². The van der Waals surface area contributed by atoms with Gasteiger partial charge in [-0.05, 0) is 43.2 Å². The molecule has 2 aliphatic heterocycles. The summed E-state index contributed by atoms with van der Waals surface area (Å²) >= 11 is 6.25. The van der Waals surface area contributed by atoms with Crippen molar-refractivity contribution in [3.63, 3.8) is 0 Å². The SMILES string of the molecule is Cc1ccc(N2C(=O)N(c3ccccc3C)[C@@H]3CS(=O)(=O)C[C@H]32)cc1Cl. The first-order valence-corrected chi connectivity index (χ1v) is 10.6. The molecule has 0 N–H and O–H groups in total. The minimum Gasteiger partial charge on any atom is -0.288 e. The summed E-state index contributed by atoms with van der Waals surface area (Å²) < 4.78 is 24.6. The molecule has 7 heteroatoms. The molecular formula is C19H19ClN2O3S. The van der Waals surface area contributed by atoms with Gasteiger partial charge < -0.3 is 0 Å². The van der Waals surface area contributed by atoms with Gasteiger partial charge in [-0.2, -0.15) is 0 Å². The third-order valence-electron chi connectivity index (χ3n) is 5.18. The first-order chi connectivity index (χ1) is 12.3. The summed E-state index contributed by atoms with van der Waals surface area (Å²) in [5, 5.41) is 0.557. The van der Waals surface area contributed by atoms with Crippen LogP contribution in [0.4, 0.5) is 16.2 Å². The van der Waals surface area contributed by atoms with Gasteiger partial charge in [-0.15, -0.1) is 0 Å². The van der Waals surface area contributed by atoms with E-state index in [1.54, 1.807) is 15.9 Å². The molecule has 5 nitrogen and oxygen atoms in total. The molecule has 2 heterocycles. The van der Waals surface area contributed by atoms with Crippen LogP contribution in [0, 0.1) is 13.8 Å². The number of hydrogen-bond donors (Lipinski definition) is 0. The summed E-state index contributed by atoms with van der Waals surface area (Å²) in [6.07, 6.45) is 0. The number of hydrogen-bond acceptors (Lipinski definition) is 3. The summed E-state index contributed by atoms with van der Waals surface area (Å²) in [4.78, 5) is 16.5. The molecule has 2 aromatic rings. The Labute approximate surface area is 158 Å². The van der Waals surface area contributed by atoms with E-state index in [1.807, 2.05) is 50.2 Å². The van der Waals surface area contributed by atoms with Crippen LogP contribution in [-0.2, 0) is 9.84 Å². The van der Waals surface area contributed by atoms with Gasteiger partial charge in [0.05, 0.1) is 23.6 Å². The van der Waals surface area contributed by atoms with Gasteiger partial charge in [-0.3, -0.25) is 9.80 Å². The molecule has 4 rings (SSSR count). The maximum absolute atomic E-state index is 13.3. The van der Waals surface area contributed by atoms with Crippen molar-refractivity contribution in [1.82, 2.24) is 0 Å². The van der Waals surface area contributed by atoms with Crippen molar-refractivity contribution < 1.29 is 13.2 Å². The smallest absolute Gasteiger partial charge is 0.288 e. The summed E-state index contributed by atoms with van der Waals surface area (Å²) in [7, 11) is -3.21. The standard InChI is InChI=1S/C19H19ClN2O3S/c1-12-7-8-14(9-15(12)20)21-17-10-26(24,25)11-18(17)22(19(21)23)16-6-4-3-5-13(16)2/h3-9,17-18H,10-11H2,1-2H3/t17-,18-/m1/s1. The second kappa shape index (κ2) is 5.99. The van der Waals surface area contributed by atoms with E-state index in [4.69, 9.17) is 11.6 Å². The number of halogens is 1. The second-order valence-corrected chi connectivity index (χ2v) is 9.52. The second-order valence-electron chi connectivity index (χ2n) is 6.95. The minimum atomic E-state index is -3.21. The summed E-state index contributed by atoms with van der Waals surface area (Å²) in [5.41, 5.74) is 3.24. The zero-order valence-corrected chi connectivity index (χ0v) is 16.1. The average Bonchev–Trinajstić information content (AvgIpc) is 3.00. The van der Waals surface area contributed by atoms with Crippen molar-refractivity contribution in [1.29, 1.82) is 0 Å². The van der Waals surface area contributed by atoms with Gasteiger partial charge in [0.1, 0.15) is 0 Å². The van der Waals surface area contributed by atoms with Gasteiger partial charge in [0.2, 0.25) is 0 Å². The van der Waals surface area contributed by atoms with E-state index in [0.29, 0.717) is 10.7 Å². The number of amides is 2. The Morgan fingerprint density at radius 3 is 2.27 bits per heavy atom. The molecule has 2 aromatic carbocycles. The Balaban J connectivity index is 1.84. The lowest BCUT2D eigenvalue weighted by atomic mass is 10.1. The number of sulfone groups is 1. The Morgan fingerprint density at radius 1 is 0.962 bits per heavy atom. The first kappa shape index (κ1) is 17.4. The number of carbonyl (C=O) groups is 1. The van der Waals surface area contributed by atoms with E-state index in [-0.39, 0.29) is 17.5 Å². The van der Waals surface area contributed by atoms with E-state index >= 15 is 0 Å². The first-order valence-electron chi connectivity index (χ1n) is 8.43. The summed E-state index contributed by atoms with van der Waals surface area (Å²) in [6.45, 7) is 3.81. The number of benzene rings is 2. The Kier molecular flexibility index (Phi) is 4.00. The summed E-state index contributed by atoms with van der Waals surface area (Å²) in [5.74, 6) is -0.0505. The van der Waals surface area contributed by atoms with E-state index in [1.165, 1.54) is 0 Å². The number of nitrogens with zero attached hydrogens (tertiary/aromatic N) is 2. The monoisotopic (exact) mass is 390 g/mol. The molecule has 2 aliphatic rings. The zero-order chi connectivity index (χ0) is 18.6. The highest BCUT2D eigenvalue weighted by molar-refractivity contribution is 7.91. The number of aryl methyl sites for hydroxylation is 2. The van der Waals surface area contributed by atoms with Crippen LogP contribution in [-0.4, -0.2) is 38.0 Å². The number of carbonyl (C=O) groups excluding carboxylic acids is 1. The van der Waals surface area contributed by atoms with Gasteiger partial charge in [0, 0.05) is 16.4 Å². The van der Waals surface area contributed by atoms with Crippen LogP contribution in [0.25, 0.3) is 0 Å². The third-order valence-corrected chi connectivity index (χ3v) is 7.28. The number of fused-ring (bicyclic) bond motifs is 1. The Bertz CT molecular complexity index is 1010. The predicted octanol–water partition coefficient (Wildman–Crippen LogP) is 3.57. The van der Waals surface area contributed by atoms with Crippen LogP contribution in [0.3, 0.4) is 0 Å².